The highest BCUT2D eigenvalue weighted by Crippen LogP contribution is 2.24. The molecule has 1 aliphatic rings. The van der Waals surface area contributed by atoms with Crippen LogP contribution in [0.5, 0.6) is 0 Å². The molecule has 1 fully saturated rings. The van der Waals surface area contributed by atoms with E-state index in [0.29, 0.717) is 0 Å². The zero-order chi connectivity index (χ0) is 10.8. The maximum absolute atomic E-state index is 13.3. The number of halogens is 2. The Kier molecular flexibility index (Phi) is 3.21. The molecule has 1 atom stereocenters. The van der Waals surface area contributed by atoms with Crippen molar-refractivity contribution < 1.29 is 4.39 Å². The van der Waals surface area contributed by atoms with Crippen molar-refractivity contribution in [1.29, 1.82) is 0 Å². The van der Waals surface area contributed by atoms with Gasteiger partial charge in [-0.2, -0.15) is 0 Å². The lowest BCUT2D eigenvalue weighted by Crippen LogP contribution is -2.45. The highest BCUT2D eigenvalue weighted by molar-refractivity contribution is 9.10. The lowest BCUT2D eigenvalue weighted by atomic mass is 10.1. The highest BCUT2D eigenvalue weighted by atomic mass is 79.9. The third kappa shape index (κ3) is 2.29. The van der Waals surface area contributed by atoms with Gasteiger partial charge in [0.2, 0.25) is 0 Å². The molecule has 1 aromatic heterocycles. The second-order valence-electron chi connectivity index (χ2n) is 3.72. The molecule has 0 amide bonds. The van der Waals surface area contributed by atoms with Gasteiger partial charge in [-0.05, 0) is 35.2 Å². The number of anilines is 1. The summed E-state index contributed by atoms with van der Waals surface area (Å²) in [5.74, 6) is -0.342. The van der Waals surface area contributed by atoms with Gasteiger partial charge >= 0.3 is 0 Å². The molecule has 1 saturated heterocycles. The van der Waals surface area contributed by atoms with E-state index in [1.165, 1.54) is 6.07 Å². The summed E-state index contributed by atoms with van der Waals surface area (Å²) in [6, 6.07) is 1.47. The van der Waals surface area contributed by atoms with Crippen molar-refractivity contribution in [3.8, 4) is 0 Å². The monoisotopic (exact) mass is 273 g/mol. The van der Waals surface area contributed by atoms with Crippen LogP contribution in [0.2, 0.25) is 0 Å². The summed E-state index contributed by atoms with van der Waals surface area (Å²) in [7, 11) is 0. The maximum Gasteiger partial charge on any atom is 0.158 e. The summed E-state index contributed by atoms with van der Waals surface area (Å²) in [5.41, 5.74) is 6.73. The van der Waals surface area contributed by atoms with Crippen LogP contribution in [0.1, 0.15) is 19.3 Å². The minimum absolute atomic E-state index is 0.0128. The van der Waals surface area contributed by atoms with Crippen molar-refractivity contribution in [2.75, 3.05) is 11.4 Å². The predicted octanol–water partition coefficient (Wildman–Crippen LogP) is 2.26. The van der Waals surface area contributed by atoms with Crippen molar-refractivity contribution in [3.05, 3.63) is 22.7 Å². The number of hydrogen-bond acceptors (Lipinski definition) is 3. The molecule has 0 spiro atoms. The first-order valence-corrected chi connectivity index (χ1v) is 5.81. The number of nitrogens with two attached hydrogens (primary N) is 1. The topological polar surface area (TPSA) is 42.1 Å². The Morgan fingerprint density at radius 1 is 1.53 bits per heavy atom. The highest BCUT2D eigenvalue weighted by Gasteiger charge is 2.19. The number of piperidine rings is 1. The van der Waals surface area contributed by atoms with E-state index in [0.717, 1.165) is 31.5 Å². The fraction of sp³-hybridized carbons (Fsp3) is 0.500. The molecule has 82 valence electrons. The Bertz CT molecular complexity index is 359. The van der Waals surface area contributed by atoms with E-state index in [9.17, 15) is 4.39 Å². The molecule has 0 saturated carbocycles. The van der Waals surface area contributed by atoms with Crippen molar-refractivity contribution in [2.24, 2.45) is 5.73 Å². The van der Waals surface area contributed by atoms with Gasteiger partial charge in [-0.3, -0.25) is 0 Å². The van der Waals surface area contributed by atoms with Gasteiger partial charge in [-0.15, -0.1) is 0 Å². The third-order valence-corrected chi connectivity index (χ3v) is 3.25. The van der Waals surface area contributed by atoms with Gasteiger partial charge in [0.25, 0.3) is 0 Å². The third-order valence-electron chi connectivity index (χ3n) is 2.66. The van der Waals surface area contributed by atoms with Gasteiger partial charge in [0, 0.05) is 12.6 Å². The quantitative estimate of drug-likeness (QED) is 0.799. The van der Waals surface area contributed by atoms with E-state index in [-0.39, 0.29) is 16.6 Å². The summed E-state index contributed by atoms with van der Waals surface area (Å²) in [6.07, 6.45) is 4.84. The van der Waals surface area contributed by atoms with E-state index < -0.39 is 0 Å². The molecule has 0 aliphatic carbocycles. The molecule has 2 rings (SSSR count). The van der Waals surface area contributed by atoms with Gasteiger partial charge in [0.1, 0.15) is 4.60 Å². The fourth-order valence-electron chi connectivity index (χ4n) is 1.85. The molecule has 0 radical (unpaired) electrons. The number of rotatable bonds is 1. The van der Waals surface area contributed by atoms with Crippen molar-refractivity contribution in [1.82, 2.24) is 4.98 Å². The molecule has 1 aliphatic heterocycles. The normalized spacial score (nSPS) is 21.8. The summed E-state index contributed by atoms with van der Waals surface area (Å²) in [5, 5.41) is 0. The van der Waals surface area contributed by atoms with Crippen molar-refractivity contribution >= 4 is 21.6 Å². The second kappa shape index (κ2) is 4.45. The zero-order valence-corrected chi connectivity index (χ0v) is 9.87. The molecule has 3 nitrogen and oxygen atoms in total. The number of pyridine rings is 1. The average Bonchev–Trinajstić information content (AvgIpc) is 2.23. The van der Waals surface area contributed by atoms with E-state index in [1.807, 2.05) is 4.90 Å². The van der Waals surface area contributed by atoms with Crippen LogP contribution in [0.25, 0.3) is 0 Å². The number of hydrogen-bond donors (Lipinski definition) is 1. The largest absolute Gasteiger partial charge is 0.355 e. The number of nitrogens with zero attached hydrogens (tertiary/aromatic N) is 2. The van der Waals surface area contributed by atoms with E-state index in [1.54, 1.807) is 6.20 Å². The molecule has 15 heavy (non-hydrogen) atoms. The summed E-state index contributed by atoms with van der Waals surface area (Å²) in [4.78, 5) is 5.94. The maximum atomic E-state index is 13.3. The molecule has 0 aromatic carbocycles. The minimum Gasteiger partial charge on any atom is -0.355 e. The van der Waals surface area contributed by atoms with Crippen molar-refractivity contribution in [2.45, 2.75) is 25.4 Å². The van der Waals surface area contributed by atoms with Crippen LogP contribution in [0.15, 0.2) is 16.9 Å². The Morgan fingerprint density at radius 3 is 3.00 bits per heavy atom. The molecular weight excluding hydrogens is 261 g/mol. The second-order valence-corrected chi connectivity index (χ2v) is 4.47. The van der Waals surface area contributed by atoms with Crippen LogP contribution in [0.3, 0.4) is 0 Å². The van der Waals surface area contributed by atoms with E-state index >= 15 is 0 Å². The molecule has 5 heteroatoms. The molecule has 2 N–H and O–H groups in total. The van der Waals surface area contributed by atoms with Crippen LogP contribution in [0.4, 0.5) is 10.1 Å². The summed E-state index contributed by atoms with van der Waals surface area (Å²) >= 11 is 3.03. The first kappa shape index (κ1) is 10.8. The van der Waals surface area contributed by atoms with E-state index in [2.05, 4.69) is 20.9 Å². The van der Waals surface area contributed by atoms with Crippen LogP contribution in [0, 0.1) is 5.82 Å². The minimum atomic E-state index is -0.342. The molecule has 1 unspecified atom stereocenters. The first-order valence-electron chi connectivity index (χ1n) is 5.02. The smallest absolute Gasteiger partial charge is 0.158 e. The van der Waals surface area contributed by atoms with Crippen LogP contribution >= 0.6 is 15.9 Å². The Hall–Kier alpha value is -0.680. The van der Waals surface area contributed by atoms with Crippen LogP contribution < -0.4 is 10.6 Å². The van der Waals surface area contributed by atoms with Gasteiger partial charge in [0.05, 0.1) is 18.1 Å². The SMILES string of the molecule is NC1CCCCN1c1cnc(Br)c(F)c1. The number of aromatic nitrogens is 1. The van der Waals surface area contributed by atoms with Gasteiger partial charge in [-0.1, -0.05) is 0 Å². The lowest BCUT2D eigenvalue weighted by molar-refractivity contribution is 0.468. The molecule has 1 aromatic rings. The van der Waals surface area contributed by atoms with Crippen LogP contribution in [-0.4, -0.2) is 17.7 Å². The summed E-state index contributed by atoms with van der Waals surface area (Å²) < 4.78 is 13.5. The summed E-state index contributed by atoms with van der Waals surface area (Å²) in [6.45, 7) is 0.879. The predicted molar refractivity (Wildman–Crippen MR) is 61.1 cm³/mol. The van der Waals surface area contributed by atoms with E-state index in [4.69, 9.17) is 5.73 Å². The van der Waals surface area contributed by atoms with Gasteiger partial charge in [-0.25, -0.2) is 9.37 Å². The average molecular weight is 274 g/mol. The standard InChI is InChI=1S/C10H13BrFN3/c11-10-8(12)5-7(6-14-10)15-4-2-1-3-9(15)13/h5-6,9H,1-4,13H2. The lowest BCUT2D eigenvalue weighted by Gasteiger charge is -2.34. The van der Waals surface area contributed by atoms with Gasteiger partial charge in [0.15, 0.2) is 5.82 Å². The Balaban J connectivity index is 2.24. The molecular formula is C10H13BrFN3. The molecule has 0 bridgehead atoms. The van der Waals surface area contributed by atoms with Gasteiger partial charge < -0.3 is 10.6 Å². The Morgan fingerprint density at radius 2 is 2.33 bits per heavy atom. The fourth-order valence-corrected chi connectivity index (χ4v) is 2.06. The van der Waals surface area contributed by atoms with Crippen LogP contribution in [-0.2, 0) is 0 Å². The molecule has 2 heterocycles. The Labute approximate surface area is 96.6 Å². The zero-order valence-electron chi connectivity index (χ0n) is 8.29. The van der Waals surface area contributed by atoms with Crippen molar-refractivity contribution in [3.63, 3.8) is 0 Å². The first-order chi connectivity index (χ1) is 7.18.